The number of ether oxygens (including phenoxy) is 1. The summed E-state index contributed by atoms with van der Waals surface area (Å²) in [6.07, 6.45) is 9.34. The number of halogens is 4. The number of alkyl halides is 2. The van der Waals surface area contributed by atoms with E-state index in [0.717, 1.165) is 31.1 Å². The first-order valence-electron chi connectivity index (χ1n) is 14.4. The molecule has 0 saturated carbocycles. The number of anilines is 1. The molecule has 3 aliphatic rings. The van der Waals surface area contributed by atoms with Crippen LogP contribution < -0.4 is 9.64 Å². The molecule has 3 aliphatic heterocycles. The summed E-state index contributed by atoms with van der Waals surface area (Å²) in [5.41, 5.74) is -0.488. The van der Waals surface area contributed by atoms with Crippen molar-refractivity contribution in [2.45, 2.75) is 37.4 Å². The van der Waals surface area contributed by atoms with Gasteiger partial charge in [-0.15, -0.1) is 6.42 Å². The van der Waals surface area contributed by atoms with Crippen molar-refractivity contribution in [3.63, 3.8) is 0 Å². The van der Waals surface area contributed by atoms with Crippen molar-refractivity contribution < 1.29 is 23.0 Å². The topological polar surface area (TPSA) is 74.6 Å². The average Bonchev–Trinajstić information content (AvgIpc) is 3.70. The molecule has 1 unspecified atom stereocenters. The molecule has 0 amide bonds. The van der Waals surface area contributed by atoms with E-state index in [2.05, 4.69) is 41.6 Å². The zero-order chi connectivity index (χ0) is 29.9. The van der Waals surface area contributed by atoms with Crippen molar-refractivity contribution >= 4 is 43.4 Å². The number of terminal acetylenes is 1. The number of rotatable bonds is 6. The lowest BCUT2D eigenvalue weighted by Gasteiger charge is -2.31. The lowest BCUT2D eigenvalue weighted by Crippen LogP contribution is -2.43. The van der Waals surface area contributed by atoms with Crippen molar-refractivity contribution in [2.24, 2.45) is 5.92 Å². The normalized spacial score (nSPS) is 23.7. The van der Waals surface area contributed by atoms with Crippen LogP contribution in [0.1, 0.15) is 31.2 Å². The van der Waals surface area contributed by atoms with Gasteiger partial charge in [-0.25, -0.2) is 13.2 Å². The number of aromatic nitrogens is 3. The first-order valence-corrected chi connectivity index (χ1v) is 15.5. The second kappa shape index (κ2) is 10.8. The van der Waals surface area contributed by atoms with Gasteiger partial charge in [0.05, 0.1) is 16.5 Å². The Morgan fingerprint density at radius 2 is 2.05 bits per heavy atom. The van der Waals surface area contributed by atoms with E-state index in [1.54, 1.807) is 0 Å². The highest BCUT2D eigenvalue weighted by Crippen LogP contribution is 2.42. The van der Waals surface area contributed by atoms with Crippen LogP contribution >= 0.6 is 15.9 Å². The molecule has 0 aliphatic carbocycles. The van der Waals surface area contributed by atoms with Gasteiger partial charge in [-0.3, -0.25) is 9.88 Å². The standard InChI is InChI=1S/C32H29BrF3N5O2/c1-2-22-25(35)5-4-19-10-21(42)11-23(26(19)22)28-27(36)29-24(14-37-28)30(40-9-6-18(13-33)15-40)39-31(38-29)43-17-32-7-3-8-41(32)16-20(34)12-32/h1,4-5,10-11,14,18,20,42H,3,6-9,12-13,15-17H2/t18?,20-,32+/m1/s1. The van der Waals surface area contributed by atoms with Crippen LogP contribution in [0.15, 0.2) is 30.5 Å². The number of nitrogens with zero attached hydrogens (tertiary/aromatic N) is 5. The van der Waals surface area contributed by atoms with Crippen LogP contribution in [0, 0.1) is 29.9 Å². The minimum atomic E-state index is -0.913. The minimum Gasteiger partial charge on any atom is -0.508 e. The van der Waals surface area contributed by atoms with E-state index in [9.17, 15) is 13.9 Å². The number of benzene rings is 2. The van der Waals surface area contributed by atoms with Crippen LogP contribution in [0.4, 0.5) is 19.0 Å². The minimum absolute atomic E-state index is 0.000464. The second-order valence-electron chi connectivity index (χ2n) is 11.8. The second-order valence-corrected chi connectivity index (χ2v) is 12.4. The molecule has 222 valence electrons. The largest absolute Gasteiger partial charge is 0.508 e. The monoisotopic (exact) mass is 651 g/mol. The van der Waals surface area contributed by atoms with Crippen LogP contribution in [0.5, 0.6) is 11.8 Å². The summed E-state index contributed by atoms with van der Waals surface area (Å²) in [6, 6.07) is 5.45. The van der Waals surface area contributed by atoms with Crippen LogP contribution in [-0.4, -0.2) is 74.8 Å². The molecule has 2 aromatic heterocycles. The number of aromatic hydroxyl groups is 1. The highest BCUT2D eigenvalue weighted by Gasteiger charge is 2.49. The van der Waals surface area contributed by atoms with Gasteiger partial charge in [0.2, 0.25) is 0 Å². The Labute approximate surface area is 255 Å². The quantitative estimate of drug-likeness (QED) is 0.203. The van der Waals surface area contributed by atoms with Gasteiger partial charge in [0.1, 0.15) is 41.4 Å². The molecule has 3 atom stereocenters. The molecule has 11 heteroatoms. The molecule has 0 spiro atoms. The van der Waals surface area contributed by atoms with E-state index in [1.807, 2.05) is 0 Å². The summed E-state index contributed by atoms with van der Waals surface area (Å²) < 4.78 is 51.9. The summed E-state index contributed by atoms with van der Waals surface area (Å²) in [7, 11) is 0. The summed E-state index contributed by atoms with van der Waals surface area (Å²) in [5, 5.41) is 12.4. The first-order chi connectivity index (χ1) is 20.8. The molecular weight excluding hydrogens is 623 g/mol. The Balaban J connectivity index is 1.37. The third-order valence-electron chi connectivity index (χ3n) is 9.13. The number of phenolic OH excluding ortho intramolecular Hbond substituents is 1. The van der Waals surface area contributed by atoms with Gasteiger partial charge < -0.3 is 14.7 Å². The molecule has 5 heterocycles. The van der Waals surface area contributed by atoms with E-state index < -0.39 is 23.3 Å². The maximum absolute atomic E-state index is 16.6. The Morgan fingerprint density at radius 3 is 2.84 bits per heavy atom. The van der Waals surface area contributed by atoms with Gasteiger partial charge in [-0.1, -0.05) is 27.9 Å². The summed E-state index contributed by atoms with van der Waals surface area (Å²) >= 11 is 3.57. The zero-order valence-corrected chi connectivity index (χ0v) is 24.9. The molecule has 7 nitrogen and oxygen atoms in total. The highest BCUT2D eigenvalue weighted by atomic mass is 79.9. The lowest BCUT2D eigenvalue weighted by molar-refractivity contribution is 0.107. The van der Waals surface area contributed by atoms with E-state index in [4.69, 9.17) is 16.1 Å². The Kier molecular flexibility index (Phi) is 7.09. The third-order valence-corrected chi connectivity index (χ3v) is 10.0. The number of hydrogen-bond donors (Lipinski definition) is 1. The molecule has 43 heavy (non-hydrogen) atoms. The molecule has 2 aromatic carbocycles. The predicted molar refractivity (Wildman–Crippen MR) is 162 cm³/mol. The van der Waals surface area contributed by atoms with Gasteiger partial charge in [-0.05, 0) is 55.3 Å². The molecule has 1 N–H and O–H groups in total. The van der Waals surface area contributed by atoms with E-state index in [1.165, 1.54) is 30.5 Å². The van der Waals surface area contributed by atoms with E-state index in [0.29, 0.717) is 48.6 Å². The number of phenols is 1. The fourth-order valence-electron chi connectivity index (χ4n) is 7.07. The lowest BCUT2D eigenvalue weighted by atomic mass is 9.95. The van der Waals surface area contributed by atoms with Crippen LogP contribution in [-0.2, 0) is 0 Å². The molecule has 0 radical (unpaired) electrons. The Morgan fingerprint density at radius 1 is 1.19 bits per heavy atom. The highest BCUT2D eigenvalue weighted by molar-refractivity contribution is 9.09. The van der Waals surface area contributed by atoms with E-state index >= 15 is 4.39 Å². The average molecular weight is 653 g/mol. The summed E-state index contributed by atoms with van der Waals surface area (Å²) in [4.78, 5) is 17.9. The zero-order valence-electron chi connectivity index (χ0n) is 23.3. The fourth-order valence-corrected chi connectivity index (χ4v) is 7.59. The van der Waals surface area contributed by atoms with Crippen molar-refractivity contribution in [3.05, 3.63) is 47.7 Å². The van der Waals surface area contributed by atoms with Gasteiger partial charge in [-0.2, -0.15) is 9.97 Å². The Hall–Kier alpha value is -3.62. The molecule has 7 rings (SSSR count). The van der Waals surface area contributed by atoms with Crippen LogP contribution in [0.3, 0.4) is 0 Å². The van der Waals surface area contributed by atoms with Gasteiger partial charge in [0, 0.05) is 48.5 Å². The first kappa shape index (κ1) is 28.2. The summed E-state index contributed by atoms with van der Waals surface area (Å²) in [6.45, 7) is 2.83. The predicted octanol–water partition coefficient (Wildman–Crippen LogP) is 5.99. The maximum Gasteiger partial charge on any atom is 0.319 e. The van der Waals surface area contributed by atoms with Gasteiger partial charge in [0.25, 0.3) is 0 Å². The van der Waals surface area contributed by atoms with E-state index in [-0.39, 0.29) is 46.1 Å². The number of hydrogen-bond acceptors (Lipinski definition) is 7. The van der Waals surface area contributed by atoms with Crippen molar-refractivity contribution in [2.75, 3.05) is 43.0 Å². The van der Waals surface area contributed by atoms with Crippen molar-refractivity contribution in [1.29, 1.82) is 0 Å². The summed E-state index contributed by atoms with van der Waals surface area (Å²) in [5.74, 6) is 1.71. The molecule has 3 saturated heterocycles. The molecule has 0 bridgehead atoms. The number of fused-ring (bicyclic) bond motifs is 3. The van der Waals surface area contributed by atoms with Crippen LogP contribution in [0.25, 0.3) is 32.9 Å². The molecular formula is C32H29BrF3N5O2. The maximum atomic E-state index is 16.6. The van der Waals surface area contributed by atoms with Crippen LogP contribution in [0.2, 0.25) is 0 Å². The Bertz CT molecular complexity index is 1800. The fraction of sp³-hybridized carbons (Fsp3) is 0.406. The SMILES string of the molecule is C#Cc1c(F)ccc2cc(O)cc(-c3ncc4c(N5CCC(CBr)C5)nc(OC[C@@]56CCCN5C[C@H](F)C6)nc4c3F)c12. The molecule has 4 aromatic rings. The van der Waals surface area contributed by atoms with Crippen molar-refractivity contribution in [1.82, 2.24) is 19.9 Å². The van der Waals surface area contributed by atoms with Gasteiger partial charge >= 0.3 is 6.01 Å². The smallest absolute Gasteiger partial charge is 0.319 e. The number of pyridine rings is 1. The van der Waals surface area contributed by atoms with Gasteiger partial charge in [0.15, 0.2) is 5.82 Å². The van der Waals surface area contributed by atoms with Crippen molar-refractivity contribution in [3.8, 4) is 35.4 Å². The third kappa shape index (κ3) is 4.75. The molecule has 3 fully saturated rings.